The molecule has 0 unspecified atom stereocenters. The molecule has 2 bridgehead atoms. The summed E-state index contributed by atoms with van der Waals surface area (Å²) in [7, 11) is 0. The first-order chi connectivity index (χ1) is 15.0. The topological polar surface area (TPSA) is 74.2 Å². The summed E-state index contributed by atoms with van der Waals surface area (Å²) < 4.78 is 14.5. The van der Waals surface area contributed by atoms with Gasteiger partial charge in [-0.15, -0.1) is 0 Å². The summed E-state index contributed by atoms with van der Waals surface area (Å²) in [5.41, 5.74) is 1.27. The molecule has 2 aromatic heterocycles. The standard InChI is InChI=1S/C21H17Cl2FN6O/c1-2-17(31)30-9-11-7-12(30)8-29(11)16-6-5-15-20(28-16)21(26-10-25-15)27-14-4-3-13(22)18(23)19(14)24/h2-6,10-12H,1,7-9H2,(H,25,26,27)/t11-,12-/m0/s1. The number of piperazine rings is 1. The van der Waals surface area contributed by atoms with Gasteiger partial charge in [0, 0.05) is 13.1 Å². The highest BCUT2D eigenvalue weighted by Crippen LogP contribution is 2.36. The van der Waals surface area contributed by atoms with Crippen molar-refractivity contribution < 1.29 is 9.18 Å². The largest absolute Gasteiger partial charge is 0.350 e. The van der Waals surface area contributed by atoms with Crippen LogP contribution in [0.15, 0.2) is 43.2 Å². The second-order valence-corrected chi connectivity index (χ2v) is 8.28. The number of aromatic nitrogens is 3. The molecule has 2 fully saturated rings. The molecule has 2 saturated heterocycles. The lowest BCUT2D eigenvalue weighted by Crippen LogP contribution is -2.48. The number of benzene rings is 1. The van der Waals surface area contributed by atoms with Crippen molar-refractivity contribution in [2.75, 3.05) is 23.3 Å². The van der Waals surface area contributed by atoms with Gasteiger partial charge in [0.15, 0.2) is 11.6 Å². The summed E-state index contributed by atoms with van der Waals surface area (Å²) in [6.07, 6.45) is 3.64. The summed E-state index contributed by atoms with van der Waals surface area (Å²) in [6.45, 7) is 4.91. The molecule has 1 N–H and O–H groups in total. The molecule has 2 aliphatic rings. The average molecular weight is 459 g/mol. The summed E-state index contributed by atoms with van der Waals surface area (Å²) in [6, 6.07) is 7.09. The van der Waals surface area contributed by atoms with E-state index in [-0.39, 0.29) is 33.7 Å². The van der Waals surface area contributed by atoms with E-state index in [1.807, 2.05) is 17.0 Å². The lowest BCUT2D eigenvalue weighted by Gasteiger charge is -2.34. The van der Waals surface area contributed by atoms with Crippen molar-refractivity contribution in [1.29, 1.82) is 0 Å². The van der Waals surface area contributed by atoms with Crippen molar-refractivity contribution in [2.24, 2.45) is 0 Å². The Balaban J connectivity index is 1.47. The van der Waals surface area contributed by atoms with Gasteiger partial charge in [0.1, 0.15) is 17.7 Å². The van der Waals surface area contributed by atoms with Gasteiger partial charge in [0.05, 0.1) is 33.3 Å². The Morgan fingerprint density at radius 3 is 2.77 bits per heavy atom. The Morgan fingerprint density at radius 2 is 2.03 bits per heavy atom. The Bertz CT molecular complexity index is 1220. The van der Waals surface area contributed by atoms with Crippen molar-refractivity contribution >= 4 is 57.5 Å². The van der Waals surface area contributed by atoms with E-state index < -0.39 is 5.82 Å². The van der Waals surface area contributed by atoms with Crippen LogP contribution < -0.4 is 10.2 Å². The zero-order chi connectivity index (χ0) is 21.7. The molecular formula is C21H17Cl2FN6O. The van der Waals surface area contributed by atoms with Gasteiger partial charge < -0.3 is 15.1 Å². The Hall–Kier alpha value is -2.97. The van der Waals surface area contributed by atoms with Crippen molar-refractivity contribution in [3.05, 3.63) is 59.1 Å². The molecule has 31 heavy (non-hydrogen) atoms. The number of hydrogen-bond donors (Lipinski definition) is 1. The van der Waals surface area contributed by atoms with E-state index in [4.69, 9.17) is 28.2 Å². The smallest absolute Gasteiger partial charge is 0.246 e. The van der Waals surface area contributed by atoms with Gasteiger partial charge >= 0.3 is 0 Å². The number of nitrogens with one attached hydrogen (secondary N) is 1. The molecule has 7 nitrogen and oxygen atoms in total. The first-order valence-corrected chi connectivity index (χ1v) is 10.4. The van der Waals surface area contributed by atoms with Gasteiger partial charge in [-0.1, -0.05) is 29.8 Å². The quantitative estimate of drug-likeness (QED) is 0.466. The molecule has 0 saturated carbocycles. The van der Waals surface area contributed by atoms with Crippen molar-refractivity contribution in [1.82, 2.24) is 19.9 Å². The van der Waals surface area contributed by atoms with E-state index in [0.717, 1.165) is 12.2 Å². The molecule has 10 heteroatoms. The highest BCUT2D eigenvalue weighted by atomic mass is 35.5. The maximum absolute atomic E-state index is 14.5. The number of pyridine rings is 1. The van der Waals surface area contributed by atoms with Gasteiger partial charge in [-0.05, 0) is 36.8 Å². The van der Waals surface area contributed by atoms with Gasteiger partial charge in [0.2, 0.25) is 5.91 Å². The molecule has 0 spiro atoms. The first kappa shape index (κ1) is 20.0. The molecule has 2 aliphatic heterocycles. The third-order valence-corrected chi connectivity index (χ3v) is 6.53. The van der Waals surface area contributed by atoms with E-state index in [9.17, 15) is 9.18 Å². The minimum Gasteiger partial charge on any atom is -0.350 e. The molecule has 0 radical (unpaired) electrons. The SMILES string of the molecule is C=CC(=O)N1C[C@@H]2C[C@H]1CN2c1ccc2ncnc(Nc3ccc(Cl)c(Cl)c3F)c2n1. The van der Waals surface area contributed by atoms with Crippen molar-refractivity contribution in [3.8, 4) is 0 Å². The molecule has 1 amide bonds. The Labute approximate surface area is 187 Å². The van der Waals surface area contributed by atoms with E-state index in [2.05, 4.69) is 26.8 Å². The summed E-state index contributed by atoms with van der Waals surface area (Å²) in [4.78, 5) is 29.3. The fourth-order valence-electron chi connectivity index (χ4n) is 4.27. The number of carbonyl (C=O) groups is 1. The zero-order valence-electron chi connectivity index (χ0n) is 16.2. The maximum Gasteiger partial charge on any atom is 0.246 e. The van der Waals surface area contributed by atoms with E-state index in [1.165, 1.54) is 24.5 Å². The predicted octanol–water partition coefficient (Wildman–Crippen LogP) is 4.19. The van der Waals surface area contributed by atoms with E-state index >= 15 is 0 Å². The van der Waals surface area contributed by atoms with Crippen LogP contribution in [0.5, 0.6) is 0 Å². The van der Waals surface area contributed by atoms with Crippen LogP contribution in [-0.4, -0.2) is 50.9 Å². The molecule has 0 aliphatic carbocycles. The molecular weight excluding hydrogens is 442 g/mol. The maximum atomic E-state index is 14.5. The van der Waals surface area contributed by atoms with Crippen LogP contribution in [0, 0.1) is 5.82 Å². The minimum absolute atomic E-state index is 0.0397. The third-order valence-electron chi connectivity index (χ3n) is 5.75. The van der Waals surface area contributed by atoms with Gasteiger partial charge in [-0.2, -0.15) is 0 Å². The zero-order valence-corrected chi connectivity index (χ0v) is 17.7. The number of anilines is 3. The fraction of sp³-hybridized carbons (Fsp3) is 0.238. The molecule has 1 aromatic carbocycles. The molecule has 4 heterocycles. The van der Waals surface area contributed by atoms with E-state index in [1.54, 1.807) is 0 Å². The number of likely N-dealkylation sites (tertiary alicyclic amines) is 1. The number of carbonyl (C=O) groups excluding carboxylic acids is 1. The minimum atomic E-state index is -0.666. The predicted molar refractivity (Wildman–Crippen MR) is 118 cm³/mol. The van der Waals surface area contributed by atoms with Crippen molar-refractivity contribution in [2.45, 2.75) is 18.5 Å². The molecule has 5 rings (SSSR count). The van der Waals surface area contributed by atoms with Gasteiger partial charge in [0.25, 0.3) is 0 Å². The summed E-state index contributed by atoms with van der Waals surface area (Å²) >= 11 is 11.8. The normalized spacial score (nSPS) is 19.8. The fourth-order valence-corrected chi connectivity index (χ4v) is 4.58. The summed E-state index contributed by atoms with van der Waals surface area (Å²) in [5, 5.41) is 2.92. The Morgan fingerprint density at radius 1 is 1.19 bits per heavy atom. The first-order valence-electron chi connectivity index (χ1n) is 9.68. The lowest BCUT2D eigenvalue weighted by atomic mass is 10.2. The number of halogens is 3. The van der Waals surface area contributed by atoms with Crippen LogP contribution in [0.3, 0.4) is 0 Å². The lowest BCUT2D eigenvalue weighted by molar-refractivity contribution is -0.127. The second-order valence-electron chi connectivity index (χ2n) is 7.50. The molecule has 3 aromatic rings. The van der Waals surface area contributed by atoms with Crippen LogP contribution in [-0.2, 0) is 4.79 Å². The monoisotopic (exact) mass is 458 g/mol. The Kier molecular flexibility index (Phi) is 4.91. The highest BCUT2D eigenvalue weighted by Gasteiger charge is 2.45. The second kappa shape index (κ2) is 7.62. The highest BCUT2D eigenvalue weighted by molar-refractivity contribution is 6.42. The van der Waals surface area contributed by atoms with Crippen LogP contribution >= 0.6 is 23.2 Å². The van der Waals surface area contributed by atoms with Crippen molar-refractivity contribution in [3.63, 3.8) is 0 Å². The summed E-state index contributed by atoms with van der Waals surface area (Å²) in [5.74, 6) is 0.415. The number of nitrogens with zero attached hydrogens (tertiary/aromatic N) is 5. The molecule has 158 valence electrons. The number of fused-ring (bicyclic) bond motifs is 3. The van der Waals surface area contributed by atoms with E-state index in [0.29, 0.717) is 29.9 Å². The number of rotatable bonds is 4. The molecule has 2 atom stereocenters. The van der Waals surface area contributed by atoms with Crippen LogP contribution in [0.2, 0.25) is 10.0 Å². The van der Waals surface area contributed by atoms with Gasteiger partial charge in [-0.25, -0.2) is 19.3 Å². The van der Waals surface area contributed by atoms with Crippen LogP contribution in [0.4, 0.5) is 21.7 Å². The van der Waals surface area contributed by atoms with Crippen LogP contribution in [0.1, 0.15) is 6.42 Å². The number of hydrogen-bond acceptors (Lipinski definition) is 6. The van der Waals surface area contributed by atoms with Gasteiger partial charge in [-0.3, -0.25) is 4.79 Å². The number of amides is 1. The van der Waals surface area contributed by atoms with Crippen LogP contribution in [0.25, 0.3) is 11.0 Å². The third kappa shape index (κ3) is 3.36. The average Bonchev–Trinajstić information content (AvgIpc) is 3.40.